The number of hydrogen-bond donors (Lipinski definition) is 0. The van der Waals surface area contributed by atoms with E-state index in [1.54, 1.807) is 0 Å². The number of hydrogen-bond acceptors (Lipinski definition) is 1. The fourth-order valence-electron chi connectivity index (χ4n) is 2.16. The Morgan fingerprint density at radius 3 is 2.50 bits per heavy atom. The minimum atomic E-state index is -0.179. The average molecular weight is 334 g/mol. The van der Waals surface area contributed by atoms with Crippen molar-refractivity contribution in [2.75, 3.05) is 12.4 Å². The standard InChI is InChI=1S/C17H20BrNO/c1-17(2,12-18)19(3)16(20)11-14-9-6-8-13-7-4-5-10-15(13)14/h4-10H,11-12H2,1-3H3. The summed E-state index contributed by atoms with van der Waals surface area (Å²) in [6.07, 6.45) is 0.439. The number of rotatable bonds is 4. The van der Waals surface area contributed by atoms with Crippen molar-refractivity contribution >= 4 is 32.6 Å². The third-order valence-corrected chi connectivity index (χ3v) is 5.20. The molecule has 0 aromatic heterocycles. The maximum absolute atomic E-state index is 12.5. The lowest BCUT2D eigenvalue weighted by molar-refractivity contribution is -0.133. The summed E-state index contributed by atoms with van der Waals surface area (Å²) in [7, 11) is 1.87. The number of fused-ring (bicyclic) bond motifs is 1. The number of carbonyl (C=O) groups is 1. The van der Waals surface area contributed by atoms with Crippen molar-refractivity contribution in [1.29, 1.82) is 0 Å². The van der Waals surface area contributed by atoms with Crippen molar-refractivity contribution in [3.05, 3.63) is 48.0 Å². The quantitative estimate of drug-likeness (QED) is 0.774. The molecular formula is C17H20BrNO. The first kappa shape index (κ1) is 15.0. The molecule has 0 atom stereocenters. The molecule has 0 heterocycles. The van der Waals surface area contributed by atoms with Crippen molar-refractivity contribution in [2.45, 2.75) is 25.8 Å². The van der Waals surface area contributed by atoms with Gasteiger partial charge in [0.25, 0.3) is 0 Å². The minimum absolute atomic E-state index is 0.144. The van der Waals surface area contributed by atoms with Crippen LogP contribution in [0.1, 0.15) is 19.4 Å². The predicted octanol–water partition coefficient (Wildman–Crippen LogP) is 4.01. The second-order valence-electron chi connectivity index (χ2n) is 5.71. The Hall–Kier alpha value is -1.35. The van der Waals surface area contributed by atoms with Gasteiger partial charge in [-0.1, -0.05) is 58.4 Å². The number of amides is 1. The SMILES string of the molecule is CN(C(=O)Cc1cccc2ccccc12)C(C)(C)CBr. The maximum atomic E-state index is 12.5. The van der Waals surface area contributed by atoms with E-state index in [1.807, 2.05) is 36.2 Å². The van der Waals surface area contributed by atoms with Crippen LogP contribution in [-0.4, -0.2) is 28.7 Å². The van der Waals surface area contributed by atoms with Gasteiger partial charge in [0, 0.05) is 17.9 Å². The second-order valence-corrected chi connectivity index (χ2v) is 6.27. The molecule has 0 aliphatic carbocycles. The molecule has 0 unspecified atom stereocenters. The largest absolute Gasteiger partial charge is 0.340 e. The van der Waals surface area contributed by atoms with Crippen molar-refractivity contribution in [1.82, 2.24) is 4.90 Å². The van der Waals surface area contributed by atoms with Crippen LogP contribution in [0.3, 0.4) is 0 Å². The van der Waals surface area contributed by atoms with Crippen LogP contribution < -0.4 is 0 Å². The minimum Gasteiger partial charge on any atom is -0.340 e. The Balaban J connectivity index is 2.27. The number of nitrogens with zero attached hydrogens (tertiary/aromatic N) is 1. The highest BCUT2D eigenvalue weighted by molar-refractivity contribution is 9.09. The Morgan fingerprint density at radius 1 is 1.15 bits per heavy atom. The highest BCUT2D eigenvalue weighted by Gasteiger charge is 2.26. The first-order chi connectivity index (χ1) is 9.45. The van der Waals surface area contributed by atoms with Gasteiger partial charge in [0.05, 0.1) is 6.42 Å². The summed E-state index contributed by atoms with van der Waals surface area (Å²) < 4.78 is 0. The van der Waals surface area contributed by atoms with Gasteiger partial charge in [-0.2, -0.15) is 0 Å². The van der Waals surface area contributed by atoms with Gasteiger partial charge in [0.2, 0.25) is 5.91 Å². The molecular weight excluding hydrogens is 314 g/mol. The molecule has 0 spiro atoms. The Kier molecular flexibility index (Phi) is 4.48. The first-order valence-corrected chi connectivity index (χ1v) is 7.87. The van der Waals surface area contributed by atoms with Crippen LogP contribution in [0.4, 0.5) is 0 Å². The molecule has 0 aliphatic heterocycles. The maximum Gasteiger partial charge on any atom is 0.227 e. The molecule has 2 rings (SSSR count). The third kappa shape index (κ3) is 3.04. The molecule has 1 amide bonds. The highest BCUT2D eigenvalue weighted by atomic mass is 79.9. The lowest BCUT2D eigenvalue weighted by Crippen LogP contribution is -2.46. The number of halogens is 1. The van der Waals surface area contributed by atoms with E-state index in [-0.39, 0.29) is 11.4 Å². The summed E-state index contributed by atoms with van der Waals surface area (Å²) in [6.45, 7) is 4.12. The molecule has 0 bridgehead atoms. The summed E-state index contributed by atoms with van der Waals surface area (Å²) in [5.41, 5.74) is 0.909. The fraction of sp³-hybridized carbons (Fsp3) is 0.353. The fourth-order valence-corrected chi connectivity index (χ4v) is 2.53. The molecule has 0 radical (unpaired) electrons. The van der Waals surface area contributed by atoms with E-state index < -0.39 is 0 Å². The summed E-state index contributed by atoms with van der Waals surface area (Å²) in [4.78, 5) is 14.3. The Labute approximate surface area is 128 Å². The summed E-state index contributed by atoms with van der Waals surface area (Å²) in [5.74, 6) is 0.144. The summed E-state index contributed by atoms with van der Waals surface area (Å²) in [6, 6.07) is 14.3. The van der Waals surface area contributed by atoms with E-state index in [0.29, 0.717) is 6.42 Å². The highest BCUT2D eigenvalue weighted by Crippen LogP contribution is 2.21. The Bertz CT molecular complexity index is 616. The monoisotopic (exact) mass is 333 g/mol. The zero-order valence-corrected chi connectivity index (χ0v) is 13.8. The molecule has 20 heavy (non-hydrogen) atoms. The van der Waals surface area contributed by atoms with E-state index in [9.17, 15) is 4.79 Å². The van der Waals surface area contributed by atoms with Gasteiger partial charge in [-0.25, -0.2) is 0 Å². The molecule has 2 aromatic rings. The third-order valence-electron chi connectivity index (χ3n) is 3.83. The summed E-state index contributed by atoms with van der Waals surface area (Å²) >= 11 is 3.47. The second kappa shape index (κ2) is 5.96. The van der Waals surface area contributed by atoms with Crippen molar-refractivity contribution in [3.63, 3.8) is 0 Å². The lowest BCUT2D eigenvalue weighted by Gasteiger charge is -2.34. The lowest BCUT2D eigenvalue weighted by atomic mass is 10.0. The van der Waals surface area contributed by atoms with E-state index in [1.165, 1.54) is 5.39 Å². The number of likely N-dealkylation sites (N-methyl/N-ethyl adjacent to an activating group) is 1. The molecule has 0 N–H and O–H groups in total. The molecule has 2 aromatic carbocycles. The van der Waals surface area contributed by atoms with E-state index in [2.05, 4.69) is 48.0 Å². The van der Waals surface area contributed by atoms with Crippen LogP contribution in [0.25, 0.3) is 10.8 Å². The van der Waals surface area contributed by atoms with Crippen LogP contribution in [0, 0.1) is 0 Å². The van der Waals surface area contributed by atoms with Gasteiger partial charge in [0.15, 0.2) is 0 Å². The molecule has 0 saturated heterocycles. The van der Waals surface area contributed by atoms with E-state index in [4.69, 9.17) is 0 Å². The number of carbonyl (C=O) groups excluding carboxylic acids is 1. The molecule has 2 nitrogen and oxygen atoms in total. The summed E-state index contributed by atoms with van der Waals surface area (Å²) in [5, 5.41) is 3.10. The topological polar surface area (TPSA) is 20.3 Å². The zero-order chi connectivity index (χ0) is 14.8. The predicted molar refractivity (Wildman–Crippen MR) is 88.3 cm³/mol. The van der Waals surface area contributed by atoms with Gasteiger partial charge in [-0.3, -0.25) is 4.79 Å². The molecule has 0 saturated carbocycles. The van der Waals surface area contributed by atoms with Crippen molar-refractivity contribution < 1.29 is 4.79 Å². The van der Waals surface area contributed by atoms with Gasteiger partial charge in [-0.05, 0) is 30.2 Å². The van der Waals surface area contributed by atoms with E-state index in [0.717, 1.165) is 16.3 Å². The molecule has 0 aliphatic rings. The van der Waals surface area contributed by atoms with Crippen molar-refractivity contribution in [3.8, 4) is 0 Å². The van der Waals surface area contributed by atoms with Gasteiger partial charge in [0.1, 0.15) is 0 Å². The molecule has 106 valence electrons. The van der Waals surface area contributed by atoms with Crippen LogP contribution in [-0.2, 0) is 11.2 Å². The number of alkyl halides is 1. The van der Waals surface area contributed by atoms with E-state index >= 15 is 0 Å². The average Bonchev–Trinajstić information content (AvgIpc) is 2.46. The smallest absolute Gasteiger partial charge is 0.227 e. The molecule has 0 fully saturated rings. The Morgan fingerprint density at radius 2 is 1.80 bits per heavy atom. The zero-order valence-electron chi connectivity index (χ0n) is 12.2. The van der Waals surface area contributed by atoms with Crippen LogP contribution in [0.15, 0.2) is 42.5 Å². The van der Waals surface area contributed by atoms with Crippen LogP contribution >= 0.6 is 15.9 Å². The van der Waals surface area contributed by atoms with Gasteiger partial charge in [-0.15, -0.1) is 0 Å². The van der Waals surface area contributed by atoms with Crippen LogP contribution in [0.5, 0.6) is 0 Å². The van der Waals surface area contributed by atoms with Gasteiger partial charge >= 0.3 is 0 Å². The first-order valence-electron chi connectivity index (χ1n) is 6.75. The normalized spacial score (nSPS) is 11.6. The molecule has 3 heteroatoms. The van der Waals surface area contributed by atoms with Crippen LogP contribution in [0.2, 0.25) is 0 Å². The number of benzene rings is 2. The van der Waals surface area contributed by atoms with Gasteiger partial charge < -0.3 is 4.90 Å². The van der Waals surface area contributed by atoms with Crippen molar-refractivity contribution in [2.24, 2.45) is 0 Å².